The highest BCUT2D eigenvalue weighted by atomic mass is 35.5. The minimum Gasteiger partial charge on any atom is -0.486 e. The fourth-order valence-electron chi connectivity index (χ4n) is 1.44. The van der Waals surface area contributed by atoms with Gasteiger partial charge in [-0.15, -0.1) is 12.4 Å². The Balaban J connectivity index is 0.00000144. The van der Waals surface area contributed by atoms with Gasteiger partial charge in [0.25, 0.3) is 0 Å². The molecule has 90 valence electrons. The predicted molar refractivity (Wildman–Crippen MR) is 70.1 cm³/mol. The highest BCUT2D eigenvalue weighted by Gasteiger charge is 1.98. The van der Waals surface area contributed by atoms with Crippen LogP contribution in [0.1, 0.15) is 0 Å². The van der Waals surface area contributed by atoms with E-state index in [2.05, 4.69) is 5.16 Å². The molecule has 3 N–H and O–H groups in total. The molecule has 0 aliphatic heterocycles. The lowest BCUT2D eigenvalue weighted by molar-refractivity contribution is 0.306. The fraction of sp³-hybridized carbons (Fsp3) is 0.0833. The molecule has 0 atom stereocenters. The minimum absolute atomic E-state index is 0. The number of halogens is 1. The van der Waals surface area contributed by atoms with E-state index in [0.717, 1.165) is 10.8 Å². The predicted octanol–water partition coefficient (Wildman–Crippen LogP) is 2.39. The smallest absolute Gasteiger partial charge is 0.177 e. The van der Waals surface area contributed by atoms with Crippen molar-refractivity contribution in [3.05, 3.63) is 42.5 Å². The summed E-state index contributed by atoms with van der Waals surface area (Å²) >= 11 is 0. The van der Waals surface area contributed by atoms with Crippen molar-refractivity contribution in [2.75, 3.05) is 6.61 Å². The molecule has 17 heavy (non-hydrogen) atoms. The molecule has 2 aromatic rings. The van der Waals surface area contributed by atoms with Crippen molar-refractivity contribution in [1.29, 1.82) is 0 Å². The van der Waals surface area contributed by atoms with Crippen molar-refractivity contribution in [2.45, 2.75) is 0 Å². The van der Waals surface area contributed by atoms with E-state index in [1.54, 1.807) is 0 Å². The second-order valence-electron chi connectivity index (χ2n) is 3.39. The zero-order valence-electron chi connectivity index (χ0n) is 9.04. The summed E-state index contributed by atoms with van der Waals surface area (Å²) in [5.74, 6) is 0.749. The number of fused-ring (bicyclic) bond motifs is 1. The van der Waals surface area contributed by atoms with Crippen LogP contribution in [-0.4, -0.2) is 17.6 Å². The topological polar surface area (TPSA) is 67.8 Å². The molecular formula is C12H13ClN2O2. The van der Waals surface area contributed by atoms with E-state index in [1.807, 2.05) is 42.5 Å². The Labute approximate surface area is 105 Å². The van der Waals surface area contributed by atoms with Crippen LogP contribution >= 0.6 is 12.4 Å². The van der Waals surface area contributed by atoms with Gasteiger partial charge in [-0.2, -0.15) is 0 Å². The van der Waals surface area contributed by atoms with Crippen LogP contribution in [0.5, 0.6) is 5.75 Å². The Morgan fingerprint density at radius 3 is 2.59 bits per heavy atom. The third-order valence-corrected chi connectivity index (χ3v) is 2.24. The average Bonchev–Trinajstić information content (AvgIpc) is 2.35. The molecule has 0 aliphatic rings. The van der Waals surface area contributed by atoms with Gasteiger partial charge in [-0.3, -0.25) is 0 Å². The van der Waals surface area contributed by atoms with Crippen LogP contribution in [0.4, 0.5) is 0 Å². The molecule has 5 heteroatoms. The average molecular weight is 253 g/mol. The van der Waals surface area contributed by atoms with Gasteiger partial charge < -0.3 is 15.7 Å². The van der Waals surface area contributed by atoms with Crippen LogP contribution in [0.15, 0.2) is 47.6 Å². The largest absolute Gasteiger partial charge is 0.486 e. The number of hydrogen-bond donors (Lipinski definition) is 2. The van der Waals surface area contributed by atoms with Gasteiger partial charge in [0.15, 0.2) is 5.84 Å². The molecule has 2 rings (SSSR count). The molecule has 0 fully saturated rings. The van der Waals surface area contributed by atoms with Crippen molar-refractivity contribution in [3.8, 4) is 5.75 Å². The maximum absolute atomic E-state index is 8.37. The van der Waals surface area contributed by atoms with Crippen LogP contribution in [0.2, 0.25) is 0 Å². The van der Waals surface area contributed by atoms with Crippen molar-refractivity contribution in [3.63, 3.8) is 0 Å². The van der Waals surface area contributed by atoms with E-state index >= 15 is 0 Å². The molecule has 0 amide bonds. The standard InChI is InChI=1S/C12H12N2O2.ClH/c13-12(14-15)8-16-11-6-5-9-3-1-2-4-10(9)7-11;/h1-7,15H,8H2,(H2,13,14);1H. The summed E-state index contributed by atoms with van der Waals surface area (Å²) < 4.78 is 5.35. The number of hydrogen-bond acceptors (Lipinski definition) is 3. The second kappa shape index (κ2) is 5.96. The van der Waals surface area contributed by atoms with Gasteiger partial charge >= 0.3 is 0 Å². The summed E-state index contributed by atoms with van der Waals surface area (Å²) in [7, 11) is 0. The lowest BCUT2D eigenvalue weighted by atomic mass is 10.1. The van der Waals surface area contributed by atoms with Gasteiger partial charge in [0.1, 0.15) is 12.4 Å². The molecule has 4 nitrogen and oxygen atoms in total. The molecule has 0 radical (unpaired) electrons. The van der Waals surface area contributed by atoms with E-state index < -0.39 is 0 Å². The van der Waals surface area contributed by atoms with Gasteiger partial charge in [0.2, 0.25) is 0 Å². The number of rotatable bonds is 3. The van der Waals surface area contributed by atoms with Crippen LogP contribution in [0.3, 0.4) is 0 Å². The van der Waals surface area contributed by atoms with E-state index in [-0.39, 0.29) is 24.8 Å². The summed E-state index contributed by atoms with van der Waals surface area (Å²) in [4.78, 5) is 0. The Hall–Kier alpha value is -1.94. The van der Waals surface area contributed by atoms with Crippen LogP contribution in [-0.2, 0) is 0 Å². The number of amidine groups is 1. The first kappa shape index (κ1) is 13.1. The molecule has 0 bridgehead atoms. The van der Waals surface area contributed by atoms with Crippen molar-refractivity contribution >= 4 is 29.0 Å². The zero-order chi connectivity index (χ0) is 11.4. The van der Waals surface area contributed by atoms with E-state index in [1.165, 1.54) is 0 Å². The number of oxime groups is 1. The first-order valence-electron chi connectivity index (χ1n) is 4.87. The quantitative estimate of drug-likeness (QED) is 0.381. The lowest BCUT2D eigenvalue weighted by Crippen LogP contribution is -2.20. The van der Waals surface area contributed by atoms with Gasteiger partial charge in [0, 0.05) is 0 Å². The third-order valence-electron chi connectivity index (χ3n) is 2.24. The molecule has 0 saturated heterocycles. The van der Waals surface area contributed by atoms with E-state index in [0.29, 0.717) is 5.75 Å². The molecule has 0 aliphatic carbocycles. The van der Waals surface area contributed by atoms with Crippen LogP contribution in [0, 0.1) is 0 Å². The lowest BCUT2D eigenvalue weighted by Gasteiger charge is -2.05. The van der Waals surface area contributed by atoms with Gasteiger partial charge in [-0.1, -0.05) is 35.5 Å². The summed E-state index contributed by atoms with van der Waals surface area (Å²) in [6, 6.07) is 13.7. The highest BCUT2D eigenvalue weighted by Crippen LogP contribution is 2.20. The first-order valence-corrected chi connectivity index (χ1v) is 4.87. The molecule has 0 heterocycles. The SMILES string of the molecule is Cl.N/C(COc1ccc2ccccc2c1)=N\O. The Morgan fingerprint density at radius 2 is 1.88 bits per heavy atom. The van der Waals surface area contributed by atoms with Crippen molar-refractivity contribution < 1.29 is 9.94 Å². The third kappa shape index (κ3) is 3.26. The first-order chi connectivity index (χ1) is 7.79. The maximum Gasteiger partial charge on any atom is 0.177 e. The summed E-state index contributed by atoms with van der Waals surface area (Å²) in [6.45, 7) is 0.0782. The normalized spacial score (nSPS) is 10.9. The summed E-state index contributed by atoms with van der Waals surface area (Å²) in [5, 5.41) is 13.5. The number of benzene rings is 2. The maximum atomic E-state index is 8.37. The second-order valence-corrected chi connectivity index (χ2v) is 3.39. The molecule has 0 spiro atoms. The molecule has 2 aromatic carbocycles. The van der Waals surface area contributed by atoms with Gasteiger partial charge in [-0.05, 0) is 22.9 Å². The molecule has 0 saturated carbocycles. The fourth-order valence-corrected chi connectivity index (χ4v) is 1.44. The Kier molecular flexibility index (Phi) is 4.60. The van der Waals surface area contributed by atoms with Gasteiger partial charge in [0.05, 0.1) is 0 Å². The van der Waals surface area contributed by atoms with Gasteiger partial charge in [-0.25, -0.2) is 0 Å². The highest BCUT2D eigenvalue weighted by molar-refractivity contribution is 5.85. The van der Waals surface area contributed by atoms with E-state index in [4.69, 9.17) is 15.7 Å². The summed E-state index contributed by atoms with van der Waals surface area (Å²) in [5.41, 5.74) is 5.31. The van der Waals surface area contributed by atoms with Crippen LogP contribution < -0.4 is 10.5 Å². The summed E-state index contributed by atoms with van der Waals surface area (Å²) in [6.07, 6.45) is 0. The number of ether oxygens (including phenoxy) is 1. The Bertz CT molecular complexity index is 529. The van der Waals surface area contributed by atoms with Crippen molar-refractivity contribution in [2.24, 2.45) is 10.9 Å². The van der Waals surface area contributed by atoms with E-state index in [9.17, 15) is 0 Å². The Morgan fingerprint density at radius 1 is 1.18 bits per heavy atom. The monoisotopic (exact) mass is 252 g/mol. The zero-order valence-corrected chi connectivity index (χ0v) is 9.85. The molecular weight excluding hydrogens is 240 g/mol. The number of nitrogens with two attached hydrogens (primary N) is 1. The number of nitrogens with zero attached hydrogens (tertiary/aromatic N) is 1. The van der Waals surface area contributed by atoms with Crippen molar-refractivity contribution in [1.82, 2.24) is 0 Å². The van der Waals surface area contributed by atoms with Crippen LogP contribution in [0.25, 0.3) is 10.8 Å². The molecule has 0 unspecified atom stereocenters. The minimum atomic E-state index is 0. The molecule has 0 aromatic heterocycles.